The monoisotopic (exact) mass is 342 g/mol. The molecule has 3 fully saturated rings. The highest BCUT2D eigenvalue weighted by Crippen LogP contribution is 2.57. The van der Waals surface area contributed by atoms with Gasteiger partial charge in [-0.1, -0.05) is 76.4 Å². The quantitative estimate of drug-likeness (QED) is 0.457. The molecule has 5 unspecified atom stereocenters. The first kappa shape index (κ1) is 18.1. The maximum Gasteiger partial charge on any atom is -0.0194 e. The van der Waals surface area contributed by atoms with Gasteiger partial charge in [0, 0.05) is 0 Å². The third-order valence-corrected chi connectivity index (χ3v) is 8.79. The molecule has 0 N–H and O–H groups in total. The Labute approximate surface area is 157 Å². The van der Waals surface area contributed by atoms with Crippen LogP contribution in [0.3, 0.4) is 0 Å². The van der Waals surface area contributed by atoms with E-state index >= 15 is 0 Å². The van der Waals surface area contributed by atoms with Gasteiger partial charge >= 0.3 is 0 Å². The molecule has 0 aromatic carbocycles. The van der Waals surface area contributed by atoms with Crippen LogP contribution < -0.4 is 0 Å². The molecular formula is C25H42. The Balaban J connectivity index is 1.47. The van der Waals surface area contributed by atoms with E-state index < -0.39 is 0 Å². The minimum absolute atomic E-state index is 0.960. The molecule has 25 heavy (non-hydrogen) atoms. The number of hydrogen-bond acceptors (Lipinski definition) is 0. The summed E-state index contributed by atoms with van der Waals surface area (Å²) in [5.74, 6) is 7.41. The summed E-state index contributed by atoms with van der Waals surface area (Å²) in [5.41, 5.74) is 1.73. The predicted octanol–water partition coefficient (Wildman–Crippen LogP) is 7.78. The van der Waals surface area contributed by atoms with Crippen LogP contribution in [0.1, 0.15) is 104 Å². The Morgan fingerprint density at radius 3 is 2.48 bits per heavy atom. The van der Waals surface area contributed by atoms with Crippen LogP contribution in [0.4, 0.5) is 0 Å². The molecule has 0 aromatic rings. The van der Waals surface area contributed by atoms with Crippen molar-refractivity contribution >= 4 is 0 Å². The second-order valence-electron chi connectivity index (χ2n) is 10.3. The Kier molecular flexibility index (Phi) is 5.93. The van der Waals surface area contributed by atoms with Gasteiger partial charge in [-0.25, -0.2) is 0 Å². The standard InChI is InChI=1S/C25H42/c1-3-4-8-19-11-13-20(14-12-19)25-23-10-7-5-6-9-21(23)17-22-15-18(2)16-24(22)25/h15,19-25H,3-14,16-17H2,1-2H3. The smallest absolute Gasteiger partial charge is 0.0194 e. The second kappa shape index (κ2) is 8.18. The fourth-order valence-electron chi connectivity index (χ4n) is 7.68. The van der Waals surface area contributed by atoms with Gasteiger partial charge < -0.3 is 0 Å². The van der Waals surface area contributed by atoms with Crippen molar-refractivity contribution in [1.29, 1.82) is 0 Å². The first-order valence-electron chi connectivity index (χ1n) is 11.9. The summed E-state index contributed by atoms with van der Waals surface area (Å²) in [5, 5.41) is 0. The van der Waals surface area contributed by atoms with E-state index in [0.29, 0.717) is 0 Å². The molecular weight excluding hydrogens is 300 g/mol. The maximum atomic E-state index is 2.71. The summed E-state index contributed by atoms with van der Waals surface area (Å²) in [6.07, 6.45) is 24.1. The van der Waals surface area contributed by atoms with Gasteiger partial charge in [-0.2, -0.15) is 0 Å². The molecule has 4 aliphatic carbocycles. The normalized spacial score (nSPS) is 44.6. The highest BCUT2D eigenvalue weighted by atomic mass is 14.5. The van der Waals surface area contributed by atoms with Crippen molar-refractivity contribution in [2.75, 3.05) is 0 Å². The molecule has 0 nitrogen and oxygen atoms in total. The lowest BCUT2D eigenvalue weighted by Gasteiger charge is -2.50. The molecule has 0 saturated heterocycles. The van der Waals surface area contributed by atoms with Gasteiger partial charge in [0.05, 0.1) is 0 Å². The highest BCUT2D eigenvalue weighted by molar-refractivity contribution is 5.16. The van der Waals surface area contributed by atoms with Crippen LogP contribution in [0.15, 0.2) is 11.6 Å². The lowest BCUT2D eigenvalue weighted by Crippen LogP contribution is -2.42. The zero-order valence-electron chi connectivity index (χ0n) is 17.0. The van der Waals surface area contributed by atoms with Crippen molar-refractivity contribution in [3.05, 3.63) is 11.6 Å². The van der Waals surface area contributed by atoms with Crippen molar-refractivity contribution < 1.29 is 0 Å². The lowest BCUT2D eigenvalue weighted by molar-refractivity contribution is -0.000417. The van der Waals surface area contributed by atoms with Gasteiger partial charge in [-0.05, 0) is 80.5 Å². The highest BCUT2D eigenvalue weighted by Gasteiger charge is 2.48. The number of fused-ring (bicyclic) bond motifs is 2. The number of unbranched alkanes of at least 4 members (excludes halogenated alkanes) is 1. The fraction of sp³-hybridized carbons (Fsp3) is 0.920. The van der Waals surface area contributed by atoms with Crippen molar-refractivity contribution in [2.24, 2.45) is 41.4 Å². The summed E-state index contributed by atoms with van der Waals surface area (Å²) >= 11 is 0. The molecule has 0 aromatic heterocycles. The van der Waals surface area contributed by atoms with Gasteiger partial charge in [0.1, 0.15) is 0 Å². The van der Waals surface area contributed by atoms with E-state index in [1.54, 1.807) is 50.5 Å². The van der Waals surface area contributed by atoms with E-state index in [1.807, 2.05) is 0 Å². The third-order valence-electron chi connectivity index (χ3n) is 8.79. The first-order valence-corrected chi connectivity index (χ1v) is 11.9. The van der Waals surface area contributed by atoms with Gasteiger partial charge in [0.2, 0.25) is 0 Å². The van der Waals surface area contributed by atoms with Crippen LogP contribution >= 0.6 is 0 Å². The van der Waals surface area contributed by atoms with Crippen LogP contribution in [0.2, 0.25) is 0 Å². The van der Waals surface area contributed by atoms with Gasteiger partial charge in [-0.3, -0.25) is 0 Å². The summed E-state index contributed by atoms with van der Waals surface area (Å²) in [4.78, 5) is 0. The Bertz CT molecular complexity index is 453. The zero-order chi connectivity index (χ0) is 17.2. The molecule has 4 rings (SSSR count). The summed E-state index contributed by atoms with van der Waals surface area (Å²) < 4.78 is 0. The molecule has 0 spiro atoms. The molecule has 0 aliphatic heterocycles. The predicted molar refractivity (Wildman–Crippen MR) is 108 cm³/mol. The Morgan fingerprint density at radius 1 is 0.880 bits per heavy atom. The minimum Gasteiger partial charge on any atom is -0.0822 e. The van der Waals surface area contributed by atoms with Gasteiger partial charge in [0.15, 0.2) is 0 Å². The van der Waals surface area contributed by atoms with Crippen LogP contribution in [-0.2, 0) is 0 Å². The molecule has 0 amide bonds. The minimum atomic E-state index is 0.960. The van der Waals surface area contributed by atoms with E-state index in [1.165, 1.54) is 44.9 Å². The molecule has 5 atom stereocenters. The van der Waals surface area contributed by atoms with Gasteiger partial charge in [0.25, 0.3) is 0 Å². The Hall–Kier alpha value is -0.260. The van der Waals surface area contributed by atoms with E-state index in [2.05, 4.69) is 19.9 Å². The molecule has 142 valence electrons. The first-order chi connectivity index (χ1) is 12.3. The van der Waals surface area contributed by atoms with Crippen LogP contribution in [0.5, 0.6) is 0 Å². The third kappa shape index (κ3) is 3.89. The van der Waals surface area contributed by atoms with Crippen LogP contribution in [-0.4, -0.2) is 0 Å². The SMILES string of the molecule is CCCCC1CCC(C2C3CC(C)=CC3CC3CCCCCC32)CC1. The lowest BCUT2D eigenvalue weighted by atomic mass is 9.55. The average Bonchev–Trinajstić information content (AvgIpc) is 2.84. The largest absolute Gasteiger partial charge is 0.0822 e. The van der Waals surface area contributed by atoms with Crippen molar-refractivity contribution in [2.45, 2.75) is 104 Å². The Morgan fingerprint density at radius 2 is 1.68 bits per heavy atom. The van der Waals surface area contributed by atoms with E-state index in [9.17, 15) is 0 Å². The van der Waals surface area contributed by atoms with Crippen molar-refractivity contribution in [3.63, 3.8) is 0 Å². The fourth-order valence-corrected chi connectivity index (χ4v) is 7.68. The average molecular weight is 343 g/mol. The molecule has 0 heterocycles. The van der Waals surface area contributed by atoms with E-state index in [0.717, 1.165) is 41.4 Å². The molecule has 0 heteroatoms. The molecule has 0 bridgehead atoms. The maximum absolute atomic E-state index is 2.71. The van der Waals surface area contributed by atoms with Crippen molar-refractivity contribution in [3.8, 4) is 0 Å². The number of hydrogen-bond donors (Lipinski definition) is 0. The summed E-state index contributed by atoms with van der Waals surface area (Å²) in [7, 11) is 0. The topological polar surface area (TPSA) is 0 Å². The second-order valence-corrected chi connectivity index (χ2v) is 10.3. The molecule has 4 aliphatic rings. The van der Waals surface area contributed by atoms with E-state index in [-0.39, 0.29) is 0 Å². The summed E-state index contributed by atoms with van der Waals surface area (Å²) in [6, 6.07) is 0. The van der Waals surface area contributed by atoms with Crippen LogP contribution in [0, 0.1) is 41.4 Å². The van der Waals surface area contributed by atoms with Crippen molar-refractivity contribution in [1.82, 2.24) is 0 Å². The van der Waals surface area contributed by atoms with E-state index in [4.69, 9.17) is 0 Å². The molecule has 0 radical (unpaired) electrons. The number of rotatable bonds is 4. The molecule has 3 saturated carbocycles. The van der Waals surface area contributed by atoms with Gasteiger partial charge in [-0.15, -0.1) is 0 Å². The summed E-state index contributed by atoms with van der Waals surface area (Å²) in [6.45, 7) is 4.78. The van der Waals surface area contributed by atoms with Crippen LogP contribution in [0.25, 0.3) is 0 Å². The zero-order valence-corrected chi connectivity index (χ0v) is 17.0. The number of allylic oxidation sites excluding steroid dienone is 2.